The van der Waals surface area contributed by atoms with E-state index in [1.165, 1.54) is 7.11 Å². The summed E-state index contributed by atoms with van der Waals surface area (Å²) < 4.78 is 45.9. The Bertz CT molecular complexity index is 3950. The van der Waals surface area contributed by atoms with Crippen molar-refractivity contribution in [1.29, 1.82) is 0 Å². The zero-order valence-corrected chi connectivity index (χ0v) is 72.6. The van der Waals surface area contributed by atoms with Gasteiger partial charge in [0.25, 0.3) is 0 Å². The molecule has 3 aliphatic rings. The number of methoxy groups -OCH3 is 2. The Balaban J connectivity index is 0.000000723. The number of thiol groups is 1. The van der Waals surface area contributed by atoms with Crippen molar-refractivity contribution in [1.82, 2.24) is 0 Å². The van der Waals surface area contributed by atoms with Gasteiger partial charge in [0.1, 0.15) is 17.2 Å². The molecule has 27 heteroatoms. The summed E-state index contributed by atoms with van der Waals surface area (Å²) in [6.45, 7) is 14.5. The summed E-state index contributed by atoms with van der Waals surface area (Å²) in [6.07, 6.45) is 18.5. The van der Waals surface area contributed by atoms with Crippen LogP contribution in [0, 0.1) is 23.7 Å². The van der Waals surface area contributed by atoms with Crippen molar-refractivity contribution in [2.45, 2.75) is 180 Å². The largest absolute Gasteiger partial charge is 1.00 e. The van der Waals surface area contributed by atoms with Gasteiger partial charge in [-0.25, -0.2) is 0 Å². The van der Waals surface area contributed by atoms with Crippen LogP contribution in [0.3, 0.4) is 0 Å². The second-order valence-corrected chi connectivity index (χ2v) is 29.7. The summed E-state index contributed by atoms with van der Waals surface area (Å²) in [5, 5.41) is 94.0. The van der Waals surface area contributed by atoms with E-state index in [-0.39, 0.29) is 136 Å². The molecule has 1 unspecified atom stereocenters. The van der Waals surface area contributed by atoms with Gasteiger partial charge in [-0.2, -0.15) is 12.6 Å². The Hall–Kier alpha value is -7.28. The number of aromatic hydroxyl groups is 2. The first-order valence-corrected chi connectivity index (χ1v) is 39.5. The molecule has 0 amide bonds. The Kier molecular flexibility index (Phi) is 52.2. The van der Waals surface area contributed by atoms with Crippen molar-refractivity contribution in [3.63, 3.8) is 0 Å². The van der Waals surface area contributed by atoms with Crippen molar-refractivity contribution in [3.05, 3.63) is 243 Å². The van der Waals surface area contributed by atoms with Gasteiger partial charge < -0.3 is 90.4 Å². The maximum absolute atomic E-state index is 10.6. The fourth-order valence-electron chi connectivity index (χ4n) is 11.5. The van der Waals surface area contributed by atoms with Gasteiger partial charge >= 0.3 is 53.4 Å². The number of aliphatic carboxylic acids is 4. The first-order valence-electron chi connectivity index (χ1n) is 38.1. The normalized spacial score (nSPS) is 19.1. The summed E-state index contributed by atoms with van der Waals surface area (Å²) in [7, 11) is 3.11. The van der Waals surface area contributed by atoms with E-state index < -0.39 is 47.8 Å². The Morgan fingerprint density at radius 1 is 0.560 bits per heavy atom. The maximum atomic E-state index is 10.6. The van der Waals surface area contributed by atoms with Crippen LogP contribution in [0.5, 0.6) is 17.2 Å². The fourth-order valence-corrected chi connectivity index (χ4v) is 11.9. The van der Waals surface area contributed by atoms with E-state index in [1.807, 2.05) is 158 Å². The predicted octanol–water partition coefficient (Wildman–Crippen LogP) is 15.1. The SMILES string of the molecule is CC1(C)OC[C@@H](C/C=C\CCC(=O)O)[C@@H](c2ccccc2CO)O1.CC1(C)OC[C@@H](C/C=C\CCC(=O)O)[C@@H](c2ccccc2O)O1.CCS.COC(C)(C)CO.COc1ccccc1C(O)[C@@H](CO)C/C=C\CCC(=O)O.O=C(O)CC/C=C\C[C@@H]1CO[C@H](c2ccccc2Cl)O[C@@H]1c1ccccc1O.O=Cc1ccccc1Cl.[H-].[Na+]. The molecule has 9 rings (SSSR count). The van der Waals surface area contributed by atoms with Gasteiger partial charge in [0.2, 0.25) is 0 Å². The van der Waals surface area contributed by atoms with Crippen LogP contribution in [-0.4, -0.2) is 151 Å². The molecule has 0 aliphatic carbocycles. The third-order valence-corrected chi connectivity index (χ3v) is 18.6. The number of carboxylic acid groups (broad SMARTS) is 4. The number of phenolic OH excluding ortho intramolecular Hbond substituents is 2. The third-order valence-electron chi connectivity index (χ3n) is 17.9. The number of hydrogen-bond acceptors (Lipinski definition) is 20. The minimum Gasteiger partial charge on any atom is -1.00 e. The molecule has 634 valence electrons. The van der Waals surface area contributed by atoms with E-state index in [9.17, 15) is 49.5 Å². The van der Waals surface area contributed by atoms with Crippen molar-refractivity contribution >= 4 is 66.0 Å². The molecular formula is C89H119Cl2NaO23S. The van der Waals surface area contributed by atoms with Gasteiger partial charge in [-0.15, -0.1) is 0 Å². The summed E-state index contributed by atoms with van der Waals surface area (Å²) in [5.41, 5.74) is 4.87. The number of aldehydes is 1. The molecule has 0 saturated carbocycles. The van der Waals surface area contributed by atoms with E-state index >= 15 is 0 Å². The van der Waals surface area contributed by atoms with Crippen LogP contribution in [0.4, 0.5) is 0 Å². The molecule has 6 aromatic rings. The molecule has 3 saturated heterocycles. The number of aliphatic hydroxyl groups excluding tert-OH is 4. The number of allylic oxidation sites excluding steroid dienone is 8. The summed E-state index contributed by atoms with van der Waals surface area (Å²) >= 11 is 15.7. The number of halogens is 2. The van der Waals surface area contributed by atoms with Gasteiger partial charge in [0.15, 0.2) is 24.2 Å². The molecule has 0 radical (unpaired) electrons. The van der Waals surface area contributed by atoms with Gasteiger partial charge in [-0.1, -0.05) is 194 Å². The standard InChI is InChI=1S/C22H23ClO5.C19H26O5.C18H24O5.C16H22O5.C7H5ClO.C5H12O2.C2H6S.Na.H/c23-18-11-6-4-9-16(18)22-27-14-15(8-2-1-3-13-20(25)26)21(28-22)17-10-5-7-12-19(17)24;1-19(2)23-13-15(9-4-3-5-11-17(21)22)18(24-19)16-10-7-6-8-14(16)12-20;1-18(2)22-12-13(8-4-3-5-11-16(20)21)17(23-18)14-9-6-7-10-15(14)19;1-21-14-9-6-5-8-13(14)16(20)12(11-17)7-3-2-4-10-15(18)19;8-7-4-2-1-3-6(7)5-9;1-5(2,4-6)7-3;1-2-3;;/h1-2,4-7,9-12,15,21-22,24H,3,8,13-14H2,(H,25,26);3-4,6-8,10,15,18,20H,5,9,11-13H2,1-2H3,(H,21,22);3-4,6-7,9-10,13,17,19H,5,8,11-12H2,1-2H3,(H,20,21);2-3,5-6,8-9,12,16-17,20H,4,7,10-11H2,1H3,(H,18,19);1-5H;6H,4H2,1-3H3;3H,2H2,1H3;;/q;;;;;;;+1;-1/b2-1-;2*4-3-;3-2-;;;;;/t15-,21+,22+;15-,18+;13-,17+;12-,16?;;;;;/m1111...../s1. The molecule has 9 atom stereocenters. The summed E-state index contributed by atoms with van der Waals surface area (Å²) in [4.78, 5) is 52.2. The minimum atomic E-state index is -0.840. The fraction of sp³-hybridized carbons (Fsp3) is 0.449. The third kappa shape index (κ3) is 40.4. The van der Waals surface area contributed by atoms with Crippen LogP contribution >= 0.6 is 35.8 Å². The quantitative estimate of drug-likeness (QED) is 0.00809. The van der Waals surface area contributed by atoms with Crippen molar-refractivity contribution in [2.75, 3.05) is 53.0 Å². The van der Waals surface area contributed by atoms with Gasteiger partial charge in [-0.05, 0) is 140 Å². The number of aliphatic hydroxyl groups is 4. The van der Waals surface area contributed by atoms with Crippen molar-refractivity contribution < 1.29 is 144 Å². The first-order chi connectivity index (χ1) is 54.8. The molecule has 0 spiro atoms. The minimum absolute atomic E-state index is 0. The molecule has 23 nitrogen and oxygen atoms in total. The van der Waals surface area contributed by atoms with E-state index in [2.05, 4.69) is 12.6 Å². The molecule has 3 heterocycles. The number of rotatable bonds is 32. The smallest absolute Gasteiger partial charge is 1.00 e. The van der Waals surface area contributed by atoms with E-state index in [0.29, 0.717) is 97.3 Å². The summed E-state index contributed by atoms with van der Waals surface area (Å²) in [6, 6.07) is 43.5. The summed E-state index contributed by atoms with van der Waals surface area (Å²) in [5.74, 6) is -2.89. The number of phenols is 2. The maximum Gasteiger partial charge on any atom is 1.00 e. The molecule has 6 aromatic carbocycles. The van der Waals surface area contributed by atoms with Crippen molar-refractivity contribution in [3.8, 4) is 17.2 Å². The van der Waals surface area contributed by atoms with Gasteiger partial charge in [-0.3, -0.25) is 24.0 Å². The van der Waals surface area contributed by atoms with Crippen LogP contribution in [0.25, 0.3) is 0 Å². The molecule has 0 aromatic heterocycles. The second-order valence-electron chi connectivity index (χ2n) is 28.3. The molecule has 3 aliphatic heterocycles. The van der Waals surface area contributed by atoms with E-state index in [1.54, 1.807) is 92.1 Å². The Morgan fingerprint density at radius 2 is 0.957 bits per heavy atom. The Labute approximate surface area is 722 Å². The average Bonchev–Trinajstić information content (AvgIpc) is 0.811. The number of para-hydroxylation sites is 3. The van der Waals surface area contributed by atoms with Crippen LogP contribution < -0.4 is 34.3 Å². The molecule has 10 N–H and O–H groups in total. The van der Waals surface area contributed by atoms with Crippen LogP contribution in [0.1, 0.15) is 201 Å². The predicted molar refractivity (Wildman–Crippen MR) is 447 cm³/mol. The van der Waals surface area contributed by atoms with E-state index in [0.717, 1.165) is 40.7 Å². The zero-order valence-electron chi connectivity index (χ0n) is 69.2. The first kappa shape index (κ1) is 105. The van der Waals surface area contributed by atoms with E-state index in [4.69, 9.17) is 86.6 Å². The van der Waals surface area contributed by atoms with Gasteiger partial charge in [0, 0.05) is 95.9 Å². The number of carbonyl (C=O) groups excluding carboxylic acids is 1. The molecule has 116 heavy (non-hydrogen) atoms. The molecule has 3 fully saturated rings. The monoisotopic (exact) mass is 1680 g/mol. The number of carboxylic acids is 4. The topological polar surface area (TPSA) is 361 Å². The second kappa shape index (κ2) is 57.8. The molecular weight excluding hydrogens is 1560 g/mol. The number of hydrogen-bond donors (Lipinski definition) is 11. The molecule has 0 bridgehead atoms. The van der Waals surface area contributed by atoms with Crippen LogP contribution in [0.15, 0.2) is 194 Å². The number of ether oxygens (including phenoxy) is 8. The zero-order chi connectivity index (χ0) is 85.4. The van der Waals surface area contributed by atoms with Gasteiger partial charge in [0.05, 0.1) is 75.2 Å². The van der Waals surface area contributed by atoms with Crippen LogP contribution in [0.2, 0.25) is 10.0 Å². The van der Waals surface area contributed by atoms with Crippen molar-refractivity contribution in [2.24, 2.45) is 23.7 Å². The Morgan fingerprint density at radius 3 is 1.36 bits per heavy atom. The van der Waals surface area contributed by atoms with Crippen LogP contribution in [-0.2, 0) is 58.9 Å². The number of benzene rings is 6. The number of carbonyl (C=O) groups is 5. The average molecular weight is 1680 g/mol.